The van der Waals surface area contributed by atoms with Gasteiger partial charge in [-0.25, -0.2) is 8.78 Å². The minimum absolute atomic E-state index is 0.499. The van der Waals surface area contributed by atoms with Gasteiger partial charge in [0.2, 0.25) is 0 Å². The molecule has 1 nitrogen and oxygen atoms in total. The van der Waals surface area contributed by atoms with Crippen LogP contribution in [0.1, 0.15) is 44.6 Å². The number of hydrogen-bond acceptors (Lipinski definition) is 1. The molecule has 0 amide bonds. The smallest absolute Gasteiger partial charge is 0.126 e. The lowest BCUT2D eigenvalue weighted by molar-refractivity contribution is 0.285. The van der Waals surface area contributed by atoms with E-state index < -0.39 is 11.6 Å². The molecule has 18 heavy (non-hydrogen) atoms. The Morgan fingerprint density at radius 1 is 1.06 bits per heavy atom. The Balaban J connectivity index is 1.81. The molecular weight excluding hydrogens is 232 g/mol. The second-order valence-corrected chi connectivity index (χ2v) is 5.28. The summed E-state index contributed by atoms with van der Waals surface area (Å²) in [4.78, 5) is 0. The average molecular weight is 253 g/mol. The number of halogens is 2. The van der Waals surface area contributed by atoms with Crippen molar-refractivity contribution in [1.29, 1.82) is 0 Å². The van der Waals surface area contributed by atoms with Gasteiger partial charge < -0.3 is 5.32 Å². The number of benzene rings is 1. The van der Waals surface area contributed by atoms with E-state index in [-0.39, 0.29) is 0 Å². The van der Waals surface area contributed by atoms with Crippen molar-refractivity contribution < 1.29 is 8.78 Å². The van der Waals surface area contributed by atoms with Gasteiger partial charge in [-0.15, -0.1) is 0 Å². The lowest BCUT2D eigenvalue weighted by Gasteiger charge is -2.28. The van der Waals surface area contributed by atoms with Crippen LogP contribution in [0.25, 0.3) is 0 Å². The molecule has 0 saturated heterocycles. The molecule has 3 heteroatoms. The molecule has 0 atom stereocenters. The molecule has 1 aromatic carbocycles. The normalized spacial score (nSPS) is 24.2. The summed E-state index contributed by atoms with van der Waals surface area (Å²) in [5.41, 5.74) is 0.685. The highest BCUT2D eigenvalue weighted by atomic mass is 19.1. The molecule has 100 valence electrons. The lowest BCUT2D eigenvalue weighted by atomic mass is 9.84. The fraction of sp³-hybridized carbons (Fsp3) is 0.600. The fourth-order valence-corrected chi connectivity index (χ4v) is 2.75. The molecule has 0 radical (unpaired) electrons. The van der Waals surface area contributed by atoms with Crippen molar-refractivity contribution in [1.82, 2.24) is 5.32 Å². The van der Waals surface area contributed by atoms with Crippen molar-refractivity contribution in [2.45, 2.75) is 51.6 Å². The molecule has 0 aliphatic heterocycles. The first kappa shape index (κ1) is 13.5. The van der Waals surface area contributed by atoms with Crippen LogP contribution in [0.3, 0.4) is 0 Å². The topological polar surface area (TPSA) is 12.0 Å². The fourth-order valence-electron chi connectivity index (χ4n) is 2.75. The Kier molecular flexibility index (Phi) is 4.70. The number of rotatable bonds is 4. The second kappa shape index (κ2) is 6.28. The van der Waals surface area contributed by atoms with Crippen molar-refractivity contribution in [3.8, 4) is 0 Å². The molecule has 0 spiro atoms. The van der Waals surface area contributed by atoms with E-state index in [1.54, 1.807) is 0 Å². The molecule has 0 heterocycles. The largest absolute Gasteiger partial charge is 0.310 e. The van der Waals surface area contributed by atoms with Crippen molar-refractivity contribution in [2.75, 3.05) is 0 Å². The third kappa shape index (κ3) is 3.77. The first-order valence-electron chi connectivity index (χ1n) is 6.85. The van der Waals surface area contributed by atoms with Crippen molar-refractivity contribution in [3.63, 3.8) is 0 Å². The quantitative estimate of drug-likeness (QED) is 0.854. The molecule has 1 aromatic rings. The number of nitrogens with one attached hydrogen (secondary N) is 1. The van der Waals surface area contributed by atoms with E-state index in [1.807, 2.05) is 0 Å². The Hall–Kier alpha value is -0.960. The van der Waals surface area contributed by atoms with Crippen LogP contribution in [-0.4, -0.2) is 6.04 Å². The van der Waals surface area contributed by atoms with Gasteiger partial charge in [0.1, 0.15) is 11.6 Å². The average Bonchev–Trinajstić information content (AvgIpc) is 2.36. The maximum absolute atomic E-state index is 13.0. The van der Waals surface area contributed by atoms with E-state index >= 15 is 0 Å². The van der Waals surface area contributed by atoms with E-state index in [2.05, 4.69) is 12.2 Å². The summed E-state index contributed by atoms with van der Waals surface area (Å²) in [6.45, 7) is 2.80. The highest BCUT2D eigenvalue weighted by Crippen LogP contribution is 2.26. The Labute approximate surface area is 108 Å². The van der Waals surface area contributed by atoms with Gasteiger partial charge in [-0.1, -0.05) is 13.3 Å². The van der Waals surface area contributed by atoms with Gasteiger partial charge >= 0.3 is 0 Å². The van der Waals surface area contributed by atoms with Gasteiger partial charge in [0.15, 0.2) is 0 Å². The summed E-state index contributed by atoms with van der Waals surface area (Å²) < 4.78 is 26.0. The molecule has 1 aliphatic rings. The van der Waals surface area contributed by atoms with Crippen LogP contribution in [0.15, 0.2) is 18.2 Å². The molecule has 0 unspecified atom stereocenters. The highest BCUT2D eigenvalue weighted by molar-refractivity contribution is 5.17. The third-order valence-corrected chi connectivity index (χ3v) is 3.94. The summed E-state index contributed by atoms with van der Waals surface area (Å²) in [5.74, 6) is -0.127. The van der Waals surface area contributed by atoms with E-state index in [1.165, 1.54) is 44.2 Å². The maximum atomic E-state index is 13.0. The lowest BCUT2D eigenvalue weighted by Crippen LogP contribution is -2.32. The van der Waals surface area contributed by atoms with Crippen LogP contribution < -0.4 is 5.32 Å². The first-order chi connectivity index (χ1) is 8.67. The summed E-state index contributed by atoms with van der Waals surface area (Å²) in [5, 5.41) is 3.40. The molecule has 1 fully saturated rings. The third-order valence-electron chi connectivity index (χ3n) is 3.94. The van der Waals surface area contributed by atoms with E-state index in [0.29, 0.717) is 18.2 Å². The van der Waals surface area contributed by atoms with Gasteiger partial charge in [-0.2, -0.15) is 0 Å². The minimum Gasteiger partial charge on any atom is -0.310 e. The predicted molar refractivity (Wildman–Crippen MR) is 69.2 cm³/mol. The van der Waals surface area contributed by atoms with E-state index in [4.69, 9.17) is 0 Å². The number of hydrogen-bond donors (Lipinski definition) is 1. The molecule has 2 rings (SSSR count). The van der Waals surface area contributed by atoms with Crippen molar-refractivity contribution in [2.24, 2.45) is 5.92 Å². The zero-order chi connectivity index (χ0) is 13.0. The van der Waals surface area contributed by atoms with Gasteiger partial charge in [0, 0.05) is 18.7 Å². The Morgan fingerprint density at radius 2 is 1.67 bits per heavy atom. The summed E-state index contributed by atoms with van der Waals surface area (Å²) >= 11 is 0. The van der Waals surface area contributed by atoms with Crippen LogP contribution >= 0.6 is 0 Å². The molecular formula is C15H21F2N. The first-order valence-corrected chi connectivity index (χ1v) is 6.85. The van der Waals surface area contributed by atoms with Gasteiger partial charge in [-0.3, -0.25) is 0 Å². The van der Waals surface area contributed by atoms with E-state index in [0.717, 1.165) is 12.0 Å². The Morgan fingerprint density at radius 3 is 2.22 bits per heavy atom. The summed E-state index contributed by atoms with van der Waals surface area (Å²) in [7, 11) is 0. The predicted octanol–water partition coefficient (Wildman–Crippen LogP) is 4.02. The molecule has 1 N–H and O–H groups in total. The molecule has 1 saturated carbocycles. The van der Waals surface area contributed by atoms with Crippen LogP contribution in [-0.2, 0) is 6.54 Å². The summed E-state index contributed by atoms with van der Waals surface area (Å²) in [6, 6.07) is 4.21. The van der Waals surface area contributed by atoms with Gasteiger partial charge in [0.05, 0.1) is 0 Å². The SMILES string of the molecule is CCC1CCC(NCc2cc(F)cc(F)c2)CC1. The summed E-state index contributed by atoms with van der Waals surface area (Å²) in [6.07, 6.45) is 6.16. The van der Waals surface area contributed by atoms with Crippen LogP contribution in [0.2, 0.25) is 0 Å². The standard InChI is InChI=1S/C15H21F2N/c1-2-11-3-5-15(6-4-11)18-10-12-7-13(16)9-14(17)8-12/h7-9,11,15,18H,2-6,10H2,1H3. The maximum Gasteiger partial charge on any atom is 0.126 e. The van der Waals surface area contributed by atoms with Crippen molar-refractivity contribution >= 4 is 0 Å². The molecule has 0 bridgehead atoms. The second-order valence-electron chi connectivity index (χ2n) is 5.28. The minimum atomic E-state index is -0.499. The van der Waals surface area contributed by atoms with Gasteiger partial charge in [0.25, 0.3) is 0 Å². The monoisotopic (exact) mass is 253 g/mol. The highest BCUT2D eigenvalue weighted by Gasteiger charge is 2.19. The Bertz CT molecular complexity index is 364. The van der Waals surface area contributed by atoms with Gasteiger partial charge in [-0.05, 0) is 49.3 Å². The molecule has 1 aliphatic carbocycles. The van der Waals surface area contributed by atoms with Crippen LogP contribution in [0.5, 0.6) is 0 Å². The zero-order valence-corrected chi connectivity index (χ0v) is 10.9. The van der Waals surface area contributed by atoms with Crippen LogP contribution in [0, 0.1) is 17.6 Å². The van der Waals surface area contributed by atoms with E-state index in [9.17, 15) is 8.78 Å². The van der Waals surface area contributed by atoms with Crippen LogP contribution in [0.4, 0.5) is 8.78 Å². The molecule has 0 aromatic heterocycles. The zero-order valence-electron chi connectivity index (χ0n) is 10.9. The van der Waals surface area contributed by atoms with Crippen molar-refractivity contribution in [3.05, 3.63) is 35.4 Å².